The molecule has 0 aromatic rings. The van der Waals surface area contributed by atoms with E-state index < -0.39 is 15.4 Å². The second-order valence-electron chi connectivity index (χ2n) is 6.61. The Morgan fingerprint density at radius 2 is 1.31 bits per heavy atom. The van der Waals surface area contributed by atoms with Gasteiger partial charge in [0.25, 0.3) is 0 Å². The Morgan fingerprint density at radius 3 is 1.54 bits per heavy atom. The Bertz CT molecular complexity index is 163. The molecule has 0 bridgehead atoms. The summed E-state index contributed by atoms with van der Waals surface area (Å²) in [5.41, 5.74) is 0.309. The third-order valence-electron chi connectivity index (χ3n) is 2.67. The molecule has 0 fully saturated rings. The third kappa shape index (κ3) is 4.98. The van der Waals surface area contributed by atoms with Crippen LogP contribution in [0.2, 0.25) is 32.7 Å². The van der Waals surface area contributed by atoms with E-state index in [0.29, 0.717) is 5.41 Å². The number of rotatable bonds is 3. The Kier molecular flexibility index (Phi) is 3.99. The van der Waals surface area contributed by atoms with Crippen LogP contribution >= 0.6 is 0 Å². The maximum Gasteiger partial charge on any atom is 0.173 e. The predicted molar refractivity (Wildman–Crippen MR) is 66.2 cm³/mol. The highest BCUT2D eigenvalue weighted by molar-refractivity contribution is 7.37. The minimum Gasteiger partial charge on any atom is -0.420 e. The van der Waals surface area contributed by atoms with Crippen LogP contribution in [0.1, 0.15) is 20.8 Å². The van der Waals surface area contributed by atoms with Crippen molar-refractivity contribution < 1.29 is 4.43 Å². The Hall–Kier alpha value is 0.394. The number of hydrogen-bond acceptors (Lipinski definition) is 1. The van der Waals surface area contributed by atoms with Crippen molar-refractivity contribution in [2.24, 2.45) is 5.41 Å². The predicted octanol–water partition coefficient (Wildman–Crippen LogP) is 3.67. The van der Waals surface area contributed by atoms with Crippen molar-refractivity contribution in [3.63, 3.8) is 0 Å². The monoisotopic (exact) mass is 218 g/mol. The molecule has 0 atom stereocenters. The molecule has 13 heavy (non-hydrogen) atoms. The zero-order valence-corrected chi connectivity index (χ0v) is 12.6. The van der Waals surface area contributed by atoms with E-state index in [0.717, 1.165) is 6.61 Å². The maximum atomic E-state index is 6.16. The highest BCUT2D eigenvalue weighted by Gasteiger charge is 2.39. The highest BCUT2D eigenvalue weighted by atomic mass is 29.3. The quantitative estimate of drug-likeness (QED) is 0.657. The summed E-state index contributed by atoms with van der Waals surface area (Å²) in [5.74, 6) is 0. The lowest BCUT2D eigenvalue weighted by Gasteiger charge is -2.37. The molecule has 1 nitrogen and oxygen atoms in total. The number of hydrogen-bond donors (Lipinski definition) is 0. The Morgan fingerprint density at radius 1 is 0.923 bits per heavy atom. The van der Waals surface area contributed by atoms with Gasteiger partial charge >= 0.3 is 0 Å². The van der Waals surface area contributed by atoms with Gasteiger partial charge in [0.1, 0.15) is 0 Å². The fourth-order valence-corrected chi connectivity index (χ4v) is 3.36. The zero-order valence-electron chi connectivity index (χ0n) is 10.6. The molecule has 3 heteroatoms. The summed E-state index contributed by atoms with van der Waals surface area (Å²) >= 11 is 0. The van der Waals surface area contributed by atoms with E-state index >= 15 is 0 Å². The van der Waals surface area contributed by atoms with Gasteiger partial charge in [0.2, 0.25) is 0 Å². The molecular formula is C10H26OSi2. The minimum absolute atomic E-state index is 0.309. The van der Waals surface area contributed by atoms with Gasteiger partial charge in [-0.05, 0) is 18.5 Å². The maximum absolute atomic E-state index is 6.16. The van der Waals surface area contributed by atoms with Crippen molar-refractivity contribution in [1.82, 2.24) is 0 Å². The average molecular weight is 218 g/mol. The van der Waals surface area contributed by atoms with Crippen LogP contribution in [0.3, 0.4) is 0 Å². The molecular weight excluding hydrogens is 192 g/mol. The lowest BCUT2D eigenvalue weighted by molar-refractivity contribution is 0.195. The van der Waals surface area contributed by atoms with Gasteiger partial charge in [-0.25, -0.2) is 0 Å². The van der Waals surface area contributed by atoms with Crippen LogP contribution in [0.4, 0.5) is 0 Å². The molecule has 0 aliphatic rings. The van der Waals surface area contributed by atoms with Crippen LogP contribution < -0.4 is 0 Å². The third-order valence-corrected chi connectivity index (χ3v) is 18.4. The first-order chi connectivity index (χ1) is 5.46. The summed E-state index contributed by atoms with van der Waals surface area (Å²) in [6.45, 7) is 19.6. The molecule has 0 saturated carbocycles. The summed E-state index contributed by atoms with van der Waals surface area (Å²) in [7, 11) is -2.44. The fourth-order valence-electron chi connectivity index (χ4n) is 0.613. The van der Waals surface area contributed by atoms with Crippen LogP contribution in [0, 0.1) is 5.41 Å². The van der Waals surface area contributed by atoms with Gasteiger partial charge in [-0.3, -0.25) is 0 Å². The van der Waals surface area contributed by atoms with E-state index in [1.54, 1.807) is 0 Å². The standard InChI is InChI=1S/C10H26OSi2/c1-10(2,3)9-11-13(7,8)12(4,5)6/h9H2,1-8H3. The average Bonchev–Trinajstić information content (AvgIpc) is 1.79. The SMILES string of the molecule is CC(C)(C)CO[Si](C)(C)[Si](C)(C)C. The van der Waals surface area contributed by atoms with Crippen molar-refractivity contribution in [3.05, 3.63) is 0 Å². The summed E-state index contributed by atoms with van der Waals surface area (Å²) in [5, 5.41) is 0. The zero-order chi connectivity index (χ0) is 10.9. The van der Waals surface area contributed by atoms with Gasteiger partial charge in [0.05, 0.1) is 7.59 Å². The van der Waals surface area contributed by atoms with Gasteiger partial charge in [-0.15, -0.1) is 0 Å². The first-order valence-corrected chi connectivity index (χ1v) is 12.5. The molecule has 0 radical (unpaired) electrons. The second-order valence-corrected chi connectivity index (χ2v) is 22.5. The molecule has 0 amide bonds. The summed E-state index contributed by atoms with van der Waals surface area (Å²) in [6, 6.07) is 0. The van der Waals surface area contributed by atoms with E-state index in [9.17, 15) is 0 Å². The molecule has 0 heterocycles. The van der Waals surface area contributed by atoms with E-state index in [2.05, 4.69) is 53.5 Å². The smallest absolute Gasteiger partial charge is 0.173 e. The van der Waals surface area contributed by atoms with Gasteiger partial charge in [0.15, 0.2) is 7.83 Å². The molecule has 0 aliphatic carbocycles. The second kappa shape index (κ2) is 3.87. The van der Waals surface area contributed by atoms with Crippen molar-refractivity contribution in [2.45, 2.75) is 53.5 Å². The molecule has 0 aromatic carbocycles. The summed E-state index contributed by atoms with van der Waals surface area (Å²) in [6.07, 6.45) is 0. The van der Waals surface area contributed by atoms with Gasteiger partial charge < -0.3 is 4.43 Å². The largest absolute Gasteiger partial charge is 0.420 e. The normalized spacial score (nSPS) is 14.8. The van der Waals surface area contributed by atoms with Gasteiger partial charge in [0, 0.05) is 6.61 Å². The first kappa shape index (κ1) is 13.4. The molecule has 0 rings (SSSR count). The van der Waals surface area contributed by atoms with E-state index in [1.807, 2.05) is 0 Å². The van der Waals surface area contributed by atoms with Crippen LogP contribution in [0.25, 0.3) is 0 Å². The molecule has 0 aromatic heterocycles. The Labute approximate surface area is 85.8 Å². The van der Waals surface area contributed by atoms with Crippen LogP contribution in [-0.4, -0.2) is 22.0 Å². The molecule has 80 valence electrons. The van der Waals surface area contributed by atoms with E-state index in [4.69, 9.17) is 4.43 Å². The van der Waals surface area contributed by atoms with Crippen LogP contribution in [-0.2, 0) is 4.43 Å². The van der Waals surface area contributed by atoms with Gasteiger partial charge in [-0.2, -0.15) is 0 Å². The van der Waals surface area contributed by atoms with E-state index in [1.165, 1.54) is 0 Å². The molecule has 0 spiro atoms. The van der Waals surface area contributed by atoms with Crippen molar-refractivity contribution in [3.8, 4) is 0 Å². The highest BCUT2D eigenvalue weighted by Crippen LogP contribution is 2.23. The lowest BCUT2D eigenvalue weighted by Crippen LogP contribution is -2.55. The topological polar surface area (TPSA) is 9.23 Å². The van der Waals surface area contributed by atoms with Crippen LogP contribution in [0.5, 0.6) is 0 Å². The lowest BCUT2D eigenvalue weighted by atomic mass is 9.99. The van der Waals surface area contributed by atoms with E-state index in [-0.39, 0.29) is 0 Å². The summed E-state index contributed by atoms with van der Waals surface area (Å²) < 4.78 is 6.16. The molecule has 0 unspecified atom stereocenters. The summed E-state index contributed by atoms with van der Waals surface area (Å²) in [4.78, 5) is 0. The van der Waals surface area contributed by atoms with Crippen LogP contribution in [0.15, 0.2) is 0 Å². The minimum atomic E-state index is -1.38. The molecule has 0 saturated heterocycles. The first-order valence-electron chi connectivity index (χ1n) is 5.10. The Balaban J connectivity index is 4.21. The molecule has 0 aliphatic heterocycles. The molecule has 0 N–H and O–H groups in total. The van der Waals surface area contributed by atoms with Crippen molar-refractivity contribution >= 4 is 15.4 Å². The van der Waals surface area contributed by atoms with Crippen molar-refractivity contribution in [2.75, 3.05) is 6.61 Å². The van der Waals surface area contributed by atoms with Crippen molar-refractivity contribution in [1.29, 1.82) is 0 Å². The fraction of sp³-hybridized carbons (Fsp3) is 1.00. The van der Waals surface area contributed by atoms with Gasteiger partial charge in [-0.1, -0.05) is 40.4 Å².